The first-order valence-electron chi connectivity index (χ1n) is 9.83. The molecule has 1 atom stereocenters. The first kappa shape index (κ1) is 18.3. The van der Waals surface area contributed by atoms with Crippen molar-refractivity contribution in [1.29, 1.82) is 0 Å². The fourth-order valence-corrected chi connectivity index (χ4v) is 4.56. The maximum absolute atomic E-state index is 13.1. The van der Waals surface area contributed by atoms with Crippen molar-refractivity contribution < 1.29 is 9.69 Å². The van der Waals surface area contributed by atoms with Crippen LogP contribution in [0.15, 0.2) is 48.5 Å². The van der Waals surface area contributed by atoms with Gasteiger partial charge in [0.2, 0.25) is 0 Å². The number of fused-ring (bicyclic) bond motifs is 1. The third kappa shape index (κ3) is 3.83. The smallest absolute Gasteiger partial charge is 0.280 e. The van der Waals surface area contributed by atoms with Gasteiger partial charge < -0.3 is 14.7 Å². The number of nitrogens with one attached hydrogen (secondary N) is 1. The van der Waals surface area contributed by atoms with Crippen LogP contribution in [0.2, 0.25) is 5.02 Å². The summed E-state index contributed by atoms with van der Waals surface area (Å²) in [5.74, 6) is 0.283. The van der Waals surface area contributed by atoms with E-state index in [0.717, 1.165) is 56.4 Å². The molecule has 2 aliphatic rings. The predicted octanol–water partition coefficient (Wildman–Crippen LogP) is 2.02. The first-order chi connectivity index (χ1) is 13.1. The molecule has 5 heteroatoms. The summed E-state index contributed by atoms with van der Waals surface area (Å²) >= 11 is 6.34. The molecule has 2 aliphatic heterocycles. The van der Waals surface area contributed by atoms with Gasteiger partial charge in [0.1, 0.15) is 0 Å². The highest BCUT2D eigenvalue weighted by molar-refractivity contribution is 6.33. The van der Waals surface area contributed by atoms with Gasteiger partial charge in [0, 0.05) is 13.1 Å². The Morgan fingerprint density at radius 1 is 1.00 bits per heavy atom. The summed E-state index contributed by atoms with van der Waals surface area (Å²) < 4.78 is 0. The van der Waals surface area contributed by atoms with E-state index in [4.69, 9.17) is 11.6 Å². The molecule has 0 spiro atoms. The Labute approximate surface area is 166 Å². The number of quaternary nitrogens is 1. The van der Waals surface area contributed by atoms with Gasteiger partial charge in [-0.25, -0.2) is 0 Å². The monoisotopic (exact) mass is 384 g/mol. The van der Waals surface area contributed by atoms with E-state index in [-0.39, 0.29) is 11.9 Å². The zero-order valence-corrected chi connectivity index (χ0v) is 16.6. The molecular formula is C22H27ClN3O+. The molecule has 0 saturated carbocycles. The second kappa shape index (κ2) is 7.91. The number of benzene rings is 2. The summed E-state index contributed by atoms with van der Waals surface area (Å²) in [7, 11) is 0. The van der Waals surface area contributed by atoms with Gasteiger partial charge >= 0.3 is 0 Å². The van der Waals surface area contributed by atoms with Crippen molar-refractivity contribution in [2.24, 2.45) is 0 Å². The second-order valence-corrected chi connectivity index (χ2v) is 8.00. The molecule has 4 nitrogen and oxygen atoms in total. The zero-order chi connectivity index (χ0) is 18.8. The van der Waals surface area contributed by atoms with E-state index in [9.17, 15) is 4.79 Å². The number of para-hydroxylation sites is 1. The van der Waals surface area contributed by atoms with Crippen LogP contribution in [0.1, 0.15) is 18.1 Å². The molecule has 1 saturated heterocycles. The van der Waals surface area contributed by atoms with Gasteiger partial charge in [0.05, 0.1) is 36.9 Å². The molecule has 2 aromatic rings. The van der Waals surface area contributed by atoms with E-state index in [2.05, 4.69) is 42.2 Å². The highest BCUT2D eigenvalue weighted by Gasteiger charge is 2.33. The molecule has 0 radical (unpaired) electrons. The number of carbonyl (C=O) groups is 1. The van der Waals surface area contributed by atoms with Crippen LogP contribution in [-0.4, -0.2) is 49.6 Å². The lowest BCUT2D eigenvalue weighted by atomic mass is 9.99. The van der Waals surface area contributed by atoms with Crippen molar-refractivity contribution in [3.8, 4) is 0 Å². The largest absolute Gasteiger partial charge is 0.359 e. The number of hydrogen-bond acceptors (Lipinski definition) is 2. The molecule has 2 heterocycles. The van der Waals surface area contributed by atoms with Crippen molar-refractivity contribution in [2.75, 3.05) is 37.6 Å². The molecule has 0 unspecified atom stereocenters. The minimum Gasteiger partial charge on any atom is -0.359 e. The summed E-state index contributed by atoms with van der Waals surface area (Å²) in [6, 6.07) is 16.5. The highest BCUT2D eigenvalue weighted by atomic mass is 35.5. The molecule has 142 valence electrons. The molecule has 2 aromatic carbocycles. The van der Waals surface area contributed by atoms with Gasteiger partial charge in [-0.05, 0) is 36.6 Å². The van der Waals surface area contributed by atoms with Gasteiger partial charge in [0.15, 0.2) is 6.04 Å². The number of nitrogens with zero attached hydrogens (tertiary/aromatic N) is 2. The average molecular weight is 385 g/mol. The fourth-order valence-electron chi connectivity index (χ4n) is 4.31. The Bertz CT molecular complexity index is 817. The second-order valence-electron chi connectivity index (χ2n) is 7.60. The number of carbonyl (C=O) groups excluding carboxylic acids is 1. The topological polar surface area (TPSA) is 28.0 Å². The molecule has 4 rings (SSSR count). The maximum Gasteiger partial charge on any atom is 0.280 e. The molecule has 27 heavy (non-hydrogen) atoms. The van der Waals surface area contributed by atoms with Crippen molar-refractivity contribution in [2.45, 2.75) is 25.9 Å². The summed E-state index contributed by atoms with van der Waals surface area (Å²) in [6.07, 6.45) is 0.963. The van der Waals surface area contributed by atoms with E-state index < -0.39 is 0 Å². The predicted molar refractivity (Wildman–Crippen MR) is 109 cm³/mol. The molecule has 1 fully saturated rings. The van der Waals surface area contributed by atoms with Crippen LogP contribution in [0.25, 0.3) is 0 Å². The molecular weight excluding hydrogens is 358 g/mol. The van der Waals surface area contributed by atoms with Gasteiger partial charge in [0.25, 0.3) is 5.91 Å². The molecule has 0 aliphatic carbocycles. The summed E-state index contributed by atoms with van der Waals surface area (Å²) in [6.45, 7) is 7.45. The fraction of sp³-hybridized carbons (Fsp3) is 0.409. The standard InChI is InChI=1S/C22H26ClN3O/c1-17(22(27)26-11-10-18-6-2-3-7-19(18)16-26)24-12-14-25(15-13-24)21-9-5-4-8-20(21)23/h2-9,17H,10-16H2,1H3/p+1/t17-/m0/s1. The Balaban J connectivity index is 1.36. The van der Waals surface area contributed by atoms with E-state index in [0.29, 0.717) is 0 Å². The summed E-state index contributed by atoms with van der Waals surface area (Å²) in [5, 5.41) is 0.803. The van der Waals surface area contributed by atoms with E-state index in [1.54, 1.807) is 0 Å². The number of rotatable bonds is 3. The number of hydrogen-bond donors (Lipinski definition) is 1. The Morgan fingerprint density at radius 3 is 2.41 bits per heavy atom. The van der Waals surface area contributed by atoms with Gasteiger partial charge in [-0.2, -0.15) is 0 Å². The van der Waals surface area contributed by atoms with Crippen LogP contribution in [0.3, 0.4) is 0 Å². The lowest BCUT2D eigenvalue weighted by Gasteiger charge is -2.38. The average Bonchev–Trinajstić information content (AvgIpc) is 2.73. The van der Waals surface area contributed by atoms with E-state index >= 15 is 0 Å². The number of piperazine rings is 1. The van der Waals surface area contributed by atoms with Crippen LogP contribution < -0.4 is 9.80 Å². The third-order valence-corrected chi connectivity index (χ3v) is 6.34. The van der Waals surface area contributed by atoms with Gasteiger partial charge in [-0.1, -0.05) is 48.0 Å². The molecule has 1 amide bonds. The van der Waals surface area contributed by atoms with Crippen LogP contribution in [0.5, 0.6) is 0 Å². The van der Waals surface area contributed by atoms with Crippen LogP contribution in [0.4, 0.5) is 5.69 Å². The summed E-state index contributed by atoms with van der Waals surface area (Å²) in [5.41, 5.74) is 3.78. The maximum atomic E-state index is 13.1. The van der Waals surface area contributed by atoms with Crippen LogP contribution in [0, 0.1) is 0 Å². The first-order valence-corrected chi connectivity index (χ1v) is 10.2. The zero-order valence-electron chi connectivity index (χ0n) is 15.8. The van der Waals surface area contributed by atoms with Crippen molar-refractivity contribution in [3.63, 3.8) is 0 Å². The number of halogens is 1. The molecule has 0 aromatic heterocycles. The number of amides is 1. The minimum atomic E-state index is 0.00339. The number of anilines is 1. The van der Waals surface area contributed by atoms with Crippen LogP contribution in [-0.2, 0) is 17.8 Å². The lowest BCUT2D eigenvalue weighted by Crippen LogP contribution is -3.19. The van der Waals surface area contributed by atoms with Crippen molar-refractivity contribution in [3.05, 3.63) is 64.7 Å². The lowest BCUT2D eigenvalue weighted by molar-refractivity contribution is -0.915. The molecule has 1 N–H and O–H groups in total. The van der Waals surface area contributed by atoms with Crippen molar-refractivity contribution in [1.82, 2.24) is 4.90 Å². The van der Waals surface area contributed by atoms with Crippen LogP contribution >= 0.6 is 11.6 Å². The Morgan fingerprint density at radius 2 is 1.67 bits per heavy atom. The Kier molecular flexibility index (Phi) is 5.37. The summed E-state index contributed by atoms with van der Waals surface area (Å²) in [4.78, 5) is 18.8. The highest BCUT2D eigenvalue weighted by Crippen LogP contribution is 2.25. The van der Waals surface area contributed by atoms with E-state index in [1.807, 2.05) is 23.1 Å². The quantitative estimate of drug-likeness (QED) is 0.876. The molecule has 0 bridgehead atoms. The van der Waals surface area contributed by atoms with Gasteiger partial charge in [-0.3, -0.25) is 4.79 Å². The SMILES string of the molecule is C[C@@H](C(=O)N1CCc2ccccc2C1)[NH+]1CCN(c2ccccc2Cl)CC1. The normalized spacial score (nSPS) is 18.9. The Hall–Kier alpha value is -2.04. The van der Waals surface area contributed by atoms with E-state index in [1.165, 1.54) is 16.0 Å². The van der Waals surface area contributed by atoms with Crippen molar-refractivity contribution >= 4 is 23.2 Å². The minimum absolute atomic E-state index is 0.00339. The van der Waals surface area contributed by atoms with Gasteiger partial charge in [-0.15, -0.1) is 0 Å². The third-order valence-electron chi connectivity index (χ3n) is 6.02.